The Morgan fingerprint density at radius 2 is 0.871 bits per heavy atom. The molecule has 4 aliphatic rings. The van der Waals surface area contributed by atoms with E-state index in [1.54, 1.807) is 36.4 Å². The number of aromatic hydroxyl groups is 2. The van der Waals surface area contributed by atoms with Crippen LogP contribution in [0.25, 0.3) is 0 Å². The van der Waals surface area contributed by atoms with E-state index >= 15 is 0 Å². The van der Waals surface area contributed by atoms with Crippen molar-refractivity contribution < 1.29 is 48.3 Å². The highest BCUT2D eigenvalue weighted by molar-refractivity contribution is 9.11. The van der Waals surface area contributed by atoms with Gasteiger partial charge in [-0.1, -0.05) is 60.7 Å². The summed E-state index contributed by atoms with van der Waals surface area (Å²) in [5.41, 5.74) is 4.16. The van der Waals surface area contributed by atoms with Gasteiger partial charge in [-0.05, 0) is 190 Å². The first-order valence-electron chi connectivity index (χ1n) is 21.4. The smallest absolute Gasteiger partial charge is 0.408 e. The van der Waals surface area contributed by atoms with Crippen molar-refractivity contribution >= 4 is 120 Å². The first-order valence-corrected chi connectivity index (χ1v) is 26.2. The highest BCUT2D eigenvalue weighted by Gasteiger charge is 2.27. The molecule has 14 nitrogen and oxygen atoms in total. The summed E-state index contributed by atoms with van der Waals surface area (Å²) in [6.45, 7) is 0.294. The summed E-state index contributed by atoms with van der Waals surface area (Å²) in [6.07, 6.45) is -0.946. The summed E-state index contributed by atoms with van der Waals surface area (Å²) in [6, 6.07) is 29.6. The molecule has 0 aromatic heterocycles. The molecule has 6 aromatic rings. The third-order valence-electron chi connectivity index (χ3n) is 10.7. The number of carbonyl (C=O) groups excluding carboxylic acids is 4. The molecular formula is C50H42Br6N4O10. The number of phenols is 2. The van der Waals surface area contributed by atoms with E-state index in [9.17, 15) is 29.4 Å². The van der Waals surface area contributed by atoms with E-state index in [1.165, 1.54) is 0 Å². The van der Waals surface area contributed by atoms with Crippen molar-refractivity contribution in [1.29, 1.82) is 0 Å². The van der Waals surface area contributed by atoms with Crippen molar-refractivity contribution in [2.75, 3.05) is 13.1 Å². The van der Waals surface area contributed by atoms with Crippen LogP contribution in [0.4, 0.5) is 9.59 Å². The Hall–Kier alpha value is -5.12. The Morgan fingerprint density at radius 3 is 1.30 bits per heavy atom. The maximum absolute atomic E-state index is 14.0. The lowest BCUT2D eigenvalue weighted by molar-refractivity contribution is -0.123. The molecule has 0 fully saturated rings. The zero-order valence-corrected chi connectivity index (χ0v) is 46.1. The van der Waals surface area contributed by atoms with Crippen LogP contribution in [-0.4, -0.2) is 59.4 Å². The van der Waals surface area contributed by atoms with Crippen LogP contribution in [0.3, 0.4) is 0 Å². The fourth-order valence-electron chi connectivity index (χ4n) is 7.18. The number of carbonyl (C=O) groups is 4. The molecule has 4 amide bonds. The topological polar surface area (TPSA) is 194 Å². The summed E-state index contributed by atoms with van der Waals surface area (Å²) in [7, 11) is 0. The van der Waals surface area contributed by atoms with Gasteiger partial charge in [-0.3, -0.25) is 9.59 Å². The Labute approximate surface area is 453 Å². The molecule has 20 heteroatoms. The van der Waals surface area contributed by atoms with E-state index in [2.05, 4.69) is 117 Å². The molecule has 0 aliphatic carbocycles. The predicted molar refractivity (Wildman–Crippen MR) is 283 cm³/mol. The standard InChI is InChI=1S/C50H42Br6N4O10/c51-33-15-30-12-14-58-47(63)39(59-49(65)67-25-27-7-3-1-4-8-27)21-31-19-37(55)46(38(56)20-31)70-42-24-32(18-34(52)44(42)62)22-40(60-50(66)68-26-28-9-5-2-6-10-28)48(64)57-13-11-29-16-35(53)45(36(54)17-29)69-41(23-30)43(33)61/h1-10,15-20,23-24,39-40,61-62H,11-14,21-22,25-26H2,(H,57,64)(H,58,63)(H,59,65)(H,60,66)/t39-,40-/m1/s1. The number of hydrogen-bond acceptors (Lipinski definition) is 10. The number of benzene rings is 6. The largest absolute Gasteiger partial charge is 0.503 e. The summed E-state index contributed by atoms with van der Waals surface area (Å²) in [5.74, 6) is -0.569. The first-order chi connectivity index (χ1) is 33.6. The number of phenolic OH excluding ortho intramolecular Hbond substituents is 2. The summed E-state index contributed by atoms with van der Waals surface area (Å²) in [4.78, 5) is 54.3. The van der Waals surface area contributed by atoms with Crippen LogP contribution in [0.2, 0.25) is 0 Å². The normalized spacial score (nSPS) is 15.5. The second-order valence-corrected chi connectivity index (χ2v) is 21.0. The number of rotatable bonds is 6. The molecule has 4 aliphatic heterocycles. The molecule has 364 valence electrons. The average Bonchev–Trinajstić information content (AvgIpc) is 3.32. The molecule has 10 rings (SSSR count). The number of nitrogens with one attached hydrogen (secondary N) is 4. The van der Waals surface area contributed by atoms with E-state index in [0.717, 1.165) is 16.7 Å². The molecule has 70 heavy (non-hydrogen) atoms. The lowest BCUT2D eigenvalue weighted by atomic mass is 10.0. The Morgan fingerprint density at radius 1 is 0.529 bits per heavy atom. The van der Waals surface area contributed by atoms with Crippen LogP contribution in [0, 0.1) is 0 Å². The zero-order chi connectivity index (χ0) is 49.9. The average molecular weight is 1340 g/mol. The first kappa shape index (κ1) is 52.7. The van der Waals surface area contributed by atoms with Gasteiger partial charge in [0.2, 0.25) is 11.8 Å². The molecule has 0 saturated heterocycles. The van der Waals surface area contributed by atoms with E-state index in [-0.39, 0.29) is 72.4 Å². The van der Waals surface area contributed by atoms with Crippen LogP contribution < -0.4 is 30.7 Å². The fraction of sp³-hybridized carbons (Fsp3) is 0.200. The molecular weight excluding hydrogens is 1300 g/mol. The van der Waals surface area contributed by atoms with Gasteiger partial charge in [-0.25, -0.2) is 9.59 Å². The maximum Gasteiger partial charge on any atom is 0.408 e. The van der Waals surface area contributed by atoms with Gasteiger partial charge in [0.1, 0.15) is 25.3 Å². The van der Waals surface area contributed by atoms with Gasteiger partial charge < -0.3 is 50.4 Å². The number of amides is 4. The van der Waals surface area contributed by atoms with E-state index in [0.29, 0.717) is 57.6 Å². The second kappa shape index (κ2) is 24.8. The molecule has 0 unspecified atom stereocenters. The fourth-order valence-corrected chi connectivity index (χ4v) is 11.0. The van der Waals surface area contributed by atoms with E-state index in [1.807, 2.05) is 72.8 Å². The number of ether oxygens (including phenoxy) is 4. The molecule has 0 radical (unpaired) electrons. The maximum atomic E-state index is 14.0. The van der Waals surface area contributed by atoms with Gasteiger partial charge >= 0.3 is 12.2 Å². The Kier molecular flexibility index (Phi) is 18.7. The predicted octanol–water partition coefficient (Wildman–Crippen LogP) is 12.0. The highest BCUT2D eigenvalue weighted by Crippen LogP contribution is 2.45. The number of halogens is 6. The lowest BCUT2D eigenvalue weighted by Gasteiger charge is -2.21. The van der Waals surface area contributed by atoms with Crippen LogP contribution >= 0.6 is 95.6 Å². The Bertz CT molecular complexity index is 2850. The monoisotopic (exact) mass is 1330 g/mol. The van der Waals surface area contributed by atoms with Gasteiger partial charge in [0.15, 0.2) is 34.5 Å². The minimum atomic E-state index is -1.14. The van der Waals surface area contributed by atoms with Gasteiger partial charge in [0, 0.05) is 25.9 Å². The summed E-state index contributed by atoms with van der Waals surface area (Å²) < 4.78 is 26.1. The van der Waals surface area contributed by atoms with Gasteiger partial charge in [-0.2, -0.15) is 0 Å². The molecule has 6 N–H and O–H groups in total. The molecule has 2 atom stereocenters. The van der Waals surface area contributed by atoms with Crippen LogP contribution in [0.15, 0.2) is 136 Å². The zero-order valence-electron chi connectivity index (χ0n) is 36.6. The minimum Gasteiger partial charge on any atom is -0.503 e. The van der Waals surface area contributed by atoms with Crippen LogP contribution in [0.5, 0.6) is 34.5 Å². The SMILES string of the molecule is O=C(N[C@@H]1Cc2cc(Br)c(c(Br)c2)Oc2cc(cc(Br)c2O)C[C@@H](NC(=O)OCc2ccccc2)C(=O)NCCc2cc(Br)c(c(Br)c2)Oc2cc(cc(Br)c2O)CCNC1=O)OCc1ccccc1. The highest BCUT2D eigenvalue weighted by atomic mass is 79.9. The molecule has 8 bridgehead atoms. The summed E-state index contributed by atoms with van der Waals surface area (Å²) in [5, 5.41) is 33.6. The van der Waals surface area contributed by atoms with Gasteiger partial charge in [-0.15, -0.1) is 0 Å². The lowest BCUT2D eigenvalue weighted by Crippen LogP contribution is -2.48. The van der Waals surface area contributed by atoms with Crippen molar-refractivity contribution in [3.63, 3.8) is 0 Å². The summed E-state index contributed by atoms with van der Waals surface area (Å²) >= 11 is 21.2. The van der Waals surface area contributed by atoms with Crippen molar-refractivity contribution in [1.82, 2.24) is 21.3 Å². The Balaban J connectivity index is 1.21. The van der Waals surface area contributed by atoms with Crippen molar-refractivity contribution in [2.45, 2.75) is 51.0 Å². The van der Waals surface area contributed by atoms with Crippen LogP contribution in [0.1, 0.15) is 33.4 Å². The number of alkyl carbamates (subject to hydrolysis) is 2. The second-order valence-electron chi connectivity index (χ2n) is 15.8. The molecule has 0 saturated carbocycles. The van der Waals surface area contributed by atoms with E-state index in [4.69, 9.17) is 18.9 Å². The quantitative estimate of drug-likeness (QED) is 0.0935. The third kappa shape index (κ3) is 14.5. The van der Waals surface area contributed by atoms with Crippen molar-refractivity contribution in [3.8, 4) is 34.5 Å². The van der Waals surface area contributed by atoms with Gasteiger partial charge in [0.25, 0.3) is 0 Å². The molecule has 0 spiro atoms. The minimum absolute atomic E-state index is 0.0165. The molecule has 6 aromatic carbocycles. The number of hydrogen-bond donors (Lipinski definition) is 6. The van der Waals surface area contributed by atoms with Crippen molar-refractivity contribution in [2.24, 2.45) is 0 Å². The van der Waals surface area contributed by atoms with Crippen LogP contribution in [-0.2, 0) is 58.0 Å². The molecule has 4 heterocycles. The van der Waals surface area contributed by atoms with Gasteiger partial charge in [0.05, 0.1) is 26.8 Å². The van der Waals surface area contributed by atoms with E-state index < -0.39 is 36.1 Å². The third-order valence-corrected chi connectivity index (χ3v) is 14.2. The van der Waals surface area contributed by atoms with Crippen molar-refractivity contribution in [3.05, 3.63) is 169 Å².